The molecule has 0 aliphatic carbocycles. The van der Waals surface area contributed by atoms with Crippen LogP contribution in [0.3, 0.4) is 0 Å². The van der Waals surface area contributed by atoms with Crippen LogP contribution in [0.1, 0.15) is 4.28 Å². The van der Waals surface area contributed by atoms with Crippen molar-refractivity contribution < 1.29 is 78.0 Å². The molecule has 0 atom stereocenters. The quantitative estimate of drug-likeness (QED) is 0.304. The Morgan fingerprint density at radius 2 is 1.22 bits per heavy atom. The van der Waals surface area contributed by atoms with Gasteiger partial charge in [0.2, 0.25) is 0 Å². The van der Waals surface area contributed by atoms with Gasteiger partial charge in [0.1, 0.15) is 0 Å². The maximum Gasteiger partial charge on any atom is 2.00 e. The molecular formula is H6CaLiMnO4PV. The first-order valence-corrected chi connectivity index (χ1v) is 2.35. The third kappa shape index (κ3) is 96.6. The molecule has 9 heavy (non-hydrogen) atoms. The summed E-state index contributed by atoms with van der Waals surface area (Å²) in [6, 6.07) is 0. The Hall–Kier alpha value is 3.07. The molecule has 50 valence electrons. The normalized spacial score (nSPS) is 6.56. The van der Waals surface area contributed by atoms with Gasteiger partial charge in [0.15, 0.2) is 0 Å². The minimum Gasteiger partial charge on any atom is -1.00 e. The molecule has 4 nitrogen and oxygen atoms in total. The molecule has 0 heterocycles. The van der Waals surface area contributed by atoms with E-state index in [1.165, 1.54) is 0 Å². The summed E-state index contributed by atoms with van der Waals surface area (Å²) in [6.45, 7) is 0. The van der Waals surface area contributed by atoms with Crippen LogP contribution in [0.2, 0.25) is 0 Å². The maximum atomic E-state index is 8.88. The third-order valence-electron chi connectivity index (χ3n) is 0. The van der Waals surface area contributed by atoms with Crippen LogP contribution in [0, 0.1) is 0 Å². The van der Waals surface area contributed by atoms with Crippen molar-refractivity contribution in [3.8, 4) is 0 Å². The van der Waals surface area contributed by atoms with Crippen LogP contribution < -0.4 is 18.9 Å². The molecule has 0 amide bonds. The van der Waals surface area contributed by atoms with E-state index < -0.39 is 7.82 Å². The van der Waals surface area contributed by atoms with Crippen molar-refractivity contribution in [1.29, 1.82) is 0 Å². The zero-order valence-electron chi connectivity index (χ0n) is 7.73. The van der Waals surface area contributed by atoms with Crippen molar-refractivity contribution in [3.05, 3.63) is 0 Å². The summed E-state index contributed by atoms with van der Waals surface area (Å²) in [7, 11) is -4.64. The van der Waals surface area contributed by atoms with Gasteiger partial charge in [-0.1, -0.05) is 0 Å². The van der Waals surface area contributed by atoms with Gasteiger partial charge in [-0.2, -0.15) is 0 Å². The molecule has 0 aromatic heterocycles. The molecular weight excluding hydrogens is 248 g/mol. The summed E-state index contributed by atoms with van der Waals surface area (Å²) in [5, 5.41) is 0. The predicted molar refractivity (Wildman–Crippen MR) is 23.4 cm³/mol. The number of hydrogen-bond acceptors (Lipinski definition) is 1. The monoisotopic (exact) mass is 254 g/mol. The Morgan fingerprint density at radius 3 is 1.22 bits per heavy atom. The van der Waals surface area contributed by atoms with E-state index in [2.05, 4.69) is 0 Å². The van der Waals surface area contributed by atoms with Gasteiger partial charge in [-0.25, -0.2) is 4.57 Å². The number of phosphoric acid groups is 1. The number of rotatable bonds is 0. The van der Waals surface area contributed by atoms with E-state index in [1.807, 2.05) is 0 Å². The Bertz CT molecular complexity index is 76.4. The average Bonchev–Trinajstić information content (AvgIpc) is 0.722. The minimum atomic E-state index is -4.64. The van der Waals surface area contributed by atoms with E-state index >= 15 is 0 Å². The Balaban J connectivity index is -0.00000000381. The minimum absolute atomic E-state index is 0. The second-order valence-corrected chi connectivity index (χ2v) is 1.54. The van der Waals surface area contributed by atoms with Crippen LogP contribution >= 0.6 is 7.82 Å². The topological polar surface area (TPSA) is 77.8 Å². The van der Waals surface area contributed by atoms with Gasteiger partial charge in [0.25, 0.3) is 0 Å². The molecule has 0 aliphatic rings. The fourth-order valence-corrected chi connectivity index (χ4v) is 0. The molecule has 0 spiro atoms. The summed E-state index contributed by atoms with van der Waals surface area (Å²) in [5.74, 6) is 0. The molecule has 0 fully saturated rings. The smallest absolute Gasteiger partial charge is 1.00 e. The van der Waals surface area contributed by atoms with Gasteiger partial charge in [0.05, 0.1) is 0 Å². The van der Waals surface area contributed by atoms with E-state index in [9.17, 15) is 0 Å². The van der Waals surface area contributed by atoms with Gasteiger partial charge in [-0.15, -0.1) is 0 Å². The zero-order chi connectivity index (χ0) is 4.50. The second-order valence-electron chi connectivity index (χ2n) is 0.513. The Morgan fingerprint density at radius 1 is 1.22 bits per heavy atom. The number of hydrogen-bond donors (Lipinski definition) is 3. The summed E-state index contributed by atoms with van der Waals surface area (Å²) in [5.41, 5.74) is 0. The predicted octanol–water partition coefficient (Wildman–Crippen LogP) is -3.97. The second kappa shape index (κ2) is 13.6. The molecule has 3 N–H and O–H groups in total. The molecule has 0 aromatic rings. The standard InChI is InChI=1S/Ca.Li.Mn.H3O4P.V.3H/c;;;1-5(2,3)4;;;;/h;;;(H3,1,2,3,4);;;;/q+2;+1;;;;3*-1. The van der Waals surface area contributed by atoms with Crippen LogP contribution in [0.25, 0.3) is 0 Å². The fourth-order valence-electron chi connectivity index (χ4n) is 0. The molecule has 0 saturated heterocycles. The molecule has 0 saturated carbocycles. The fraction of sp³-hybridized carbons (Fsp3) is 0. The largest absolute Gasteiger partial charge is 2.00 e. The van der Waals surface area contributed by atoms with E-state index in [4.69, 9.17) is 19.2 Å². The van der Waals surface area contributed by atoms with Crippen molar-refractivity contribution >= 4 is 45.6 Å². The summed E-state index contributed by atoms with van der Waals surface area (Å²) in [4.78, 5) is 21.6. The molecule has 0 aliphatic heterocycles. The summed E-state index contributed by atoms with van der Waals surface area (Å²) in [6.07, 6.45) is 0. The molecule has 0 unspecified atom stereocenters. The molecule has 0 rings (SSSR count). The Labute approximate surface area is 122 Å². The van der Waals surface area contributed by atoms with Gasteiger partial charge in [-0.3, -0.25) is 0 Å². The van der Waals surface area contributed by atoms with Gasteiger partial charge >= 0.3 is 64.4 Å². The van der Waals surface area contributed by atoms with Crippen LogP contribution in [-0.2, 0) is 40.2 Å². The SMILES string of the molecule is O=P(O)(O)O.[Ca+2].[H-].[H-].[H-].[Li+].[Mn].[V]. The van der Waals surface area contributed by atoms with Crippen LogP contribution in [0.15, 0.2) is 0 Å². The zero-order valence-corrected chi connectivity index (χ0v) is 10.4. The van der Waals surface area contributed by atoms with Crippen molar-refractivity contribution in [2.75, 3.05) is 0 Å². The third-order valence-corrected chi connectivity index (χ3v) is 0. The van der Waals surface area contributed by atoms with Crippen LogP contribution in [-0.4, -0.2) is 52.4 Å². The van der Waals surface area contributed by atoms with Gasteiger partial charge in [-0.05, 0) is 0 Å². The van der Waals surface area contributed by atoms with Gasteiger partial charge in [0, 0.05) is 35.6 Å². The van der Waals surface area contributed by atoms with E-state index in [0.717, 1.165) is 0 Å². The van der Waals surface area contributed by atoms with E-state index in [0.29, 0.717) is 0 Å². The molecule has 0 aromatic carbocycles. The van der Waals surface area contributed by atoms with E-state index in [-0.39, 0.29) is 96.5 Å². The summed E-state index contributed by atoms with van der Waals surface area (Å²) >= 11 is 0. The molecule has 0 bridgehead atoms. The van der Waals surface area contributed by atoms with Crippen molar-refractivity contribution in [1.82, 2.24) is 0 Å². The van der Waals surface area contributed by atoms with Gasteiger partial charge < -0.3 is 19.0 Å². The maximum absolute atomic E-state index is 8.88. The molecule has 2 radical (unpaired) electrons. The van der Waals surface area contributed by atoms with E-state index in [1.54, 1.807) is 0 Å². The first-order valence-electron chi connectivity index (χ1n) is 0.783. The molecule has 9 heteroatoms. The van der Waals surface area contributed by atoms with Crippen molar-refractivity contribution in [2.24, 2.45) is 0 Å². The first-order chi connectivity index (χ1) is 2.00. The van der Waals surface area contributed by atoms with Crippen molar-refractivity contribution in [3.63, 3.8) is 0 Å². The summed E-state index contributed by atoms with van der Waals surface area (Å²) < 4.78 is 8.88. The average molecular weight is 254 g/mol. The van der Waals surface area contributed by atoms with Crippen molar-refractivity contribution in [2.45, 2.75) is 0 Å². The van der Waals surface area contributed by atoms with Crippen LogP contribution in [0.5, 0.6) is 0 Å². The van der Waals surface area contributed by atoms with Crippen LogP contribution in [0.4, 0.5) is 0 Å². The first kappa shape index (κ1) is 29.6. The Kier molecular flexibility index (Phi) is 44.9.